The zero-order valence-electron chi connectivity index (χ0n) is 12.3. The molecule has 2 aliphatic rings. The van der Waals surface area contributed by atoms with Gasteiger partial charge in [0.2, 0.25) is 0 Å². The summed E-state index contributed by atoms with van der Waals surface area (Å²) >= 11 is 0. The Labute approximate surface area is 121 Å². The first kappa shape index (κ1) is 13.5. The Morgan fingerprint density at radius 2 is 2.00 bits per heavy atom. The molecule has 0 bridgehead atoms. The molecular formula is C16H25N3O. The van der Waals surface area contributed by atoms with Crippen molar-refractivity contribution < 1.29 is 4.79 Å². The Morgan fingerprint density at radius 1 is 1.25 bits per heavy atom. The van der Waals surface area contributed by atoms with E-state index in [1.165, 1.54) is 32.1 Å². The second-order valence-electron chi connectivity index (χ2n) is 6.26. The van der Waals surface area contributed by atoms with Crippen LogP contribution in [0, 0.1) is 5.92 Å². The summed E-state index contributed by atoms with van der Waals surface area (Å²) in [7, 11) is 0. The summed E-state index contributed by atoms with van der Waals surface area (Å²) in [5.41, 5.74) is 0. The number of aromatic nitrogens is 1. The van der Waals surface area contributed by atoms with Crippen LogP contribution in [0.25, 0.3) is 0 Å². The van der Waals surface area contributed by atoms with Crippen molar-refractivity contribution in [2.45, 2.75) is 57.7 Å². The van der Waals surface area contributed by atoms with E-state index >= 15 is 0 Å². The molecular weight excluding hydrogens is 250 g/mol. The first-order valence-corrected chi connectivity index (χ1v) is 7.92. The van der Waals surface area contributed by atoms with E-state index in [2.05, 4.69) is 21.7 Å². The van der Waals surface area contributed by atoms with E-state index in [4.69, 9.17) is 0 Å². The van der Waals surface area contributed by atoms with E-state index < -0.39 is 0 Å². The Bertz CT molecular complexity index is 443. The Kier molecular flexibility index (Phi) is 3.99. The van der Waals surface area contributed by atoms with Crippen molar-refractivity contribution in [2.75, 3.05) is 6.54 Å². The van der Waals surface area contributed by atoms with E-state index in [9.17, 15) is 4.79 Å². The maximum atomic E-state index is 12.4. The minimum atomic E-state index is 0.138. The minimum Gasteiger partial charge on any atom is -0.353 e. The van der Waals surface area contributed by atoms with Gasteiger partial charge in [0.05, 0.1) is 0 Å². The largest absolute Gasteiger partial charge is 0.353 e. The van der Waals surface area contributed by atoms with Gasteiger partial charge in [-0.2, -0.15) is 0 Å². The molecule has 3 unspecified atom stereocenters. The number of nitrogens with zero attached hydrogens (tertiary/aromatic N) is 2. The predicted molar refractivity (Wildman–Crippen MR) is 79.5 cm³/mol. The highest BCUT2D eigenvalue weighted by atomic mass is 16.2. The molecule has 4 nitrogen and oxygen atoms in total. The molecule has 1 N–H and O–H groups in total. The van der Waals surface area contributed by atoms with E-state index in [1.54, 1.807) is 0 Å². The van der Waals surface area contributed by atoms with Gasteiger partial charge >= 0.3 is 6.03 Å². The quantitative estimate of drug-likeness (QED) is 0.905. The molecule has 1 aliphatic heterocycles. The molecule has 0 spiro atoms. The Balaban J connectivity index is 1.53. The van der Waals surface area contributed by atoms with Gasteiger partial charge in [-0.25, -0.2) is 4.79 Å². The van der Waals surface area contributed by atoms with E-state index in [0.29, 0.717) is 18.6 Å². The highest BCUT2D eigenvalue weighted by molar-refractivity contribution is 5.75. The van der Waals surface area contributed by atoms with Crippen LogP contribution in [0.5, 0.6) is 0 Å². The van der Waals surface area contributed by atoms with Crippen molar-refractivity contribution in [3.8, 4) is 0 Å². The number of rotatable bonds is 3. The summed E-state index contributed by atoms with van der Waals surface area (Å²) in [6.45, 7) is 3.74. The number of carbonyl (C=O) groups is 1. The summed E-state index contributed by atoms with van der Waals surface area (Å²) in [6, 6.07) is 5.05. The van der Waals surface area contributed by atoms with Gasteiger partial charge in [0.1, 0.15) is 0 Å². The molecule has 0 radical (unpaired) electrons. The number of hydrogen-bond donors (Lipinski definition) is 1. The van der Waals surface area contributed by atoms with E-state index in [1.807, 2.05) is 24.5 Å². The molecule has 1 saturated heterocycles. The smallest absolute Gasteiger partial charge is 0.317 e. The summed E-state index contributed by atoms with van der Waals surface area (Å²) in [5.74, 6) is 0.744. The molecule has 110 valence electrons. The topological polar surface area (TPSA) is 37.3 Å². The van der Waals surface area contributed by atoms with Gasteiger partial charge in [0, 0.05) is 37.6 Å². The number of urea groups is 1. The minimum absolute atomic E-state index is 0.138. The lowest BCUT2D eigenvalue weighted by Gasteiger charge is -2.33. The summed E-state index contributed by atoms with van der Waals surface area (Å²) < 4.78 is 2.09. The molecule has 1 aromatic heterocycles. The van der Waals surface area contributed by atoms with Crippen LogP contribution in [0.15, 0.2) is 24.5 Å². The fourth-order valence-electron chi connectivity index (χ4n) is 3.96. The standard InChI is InChI=1S/C16H25N3O/c1-13-12-14-6-2-3-7-15(14)19(13)16(20)17-8-11-18-9-4-5-10-18/h4-5,9-10,13-15H,2-3,6-8,11-12H2,1H3,(H,17,20). The van der Waals surface area contributed by atoms with Gasteiger partial charge in [0.25, 0.3) is 0 Å². The molecule has 0 aromatic carbocycles. The first-order chi connectivity index (χ1) is 9.75. The Morgan fingerprint density at radius 3 is 2.80 bits per heavy atom. The molecule has 2 amide bonds. The molecule has 20 heavy (non-hydrogen) atoms. The molecule has 2 heterocycles. The maximum absolute atomic E-state index is 12.4. The lowest BCUT2D eigenvalue weighted by atomic mass is 9.85. The SMILES string of the molecule is CC1CC2CCCCC2N1C(=O)NCCn1cccc1. The average Bonchev–Trinajstić information content (AvgIpc) is 3.04. The molecule has 1 aliphatic carbocycles. The molecule has 4 heteroatoms. The van der Waals surface area contributed by atoms with Crippen LogP contribution in [-0.2, 0) is 6.54 Å². The second-order valence-corrected chi connectivity index (χ2v) is 6.26. The third kappa shape index (κ3) is 2.69. The van der Waals surface area contributed by atoms with Gasteiger partial charge < -0.3 is 14.8 Å². The normalized spacial score (nSPS) is 29.2. The zero-order valence-corrected chi connectivity index (χ0v) is 12.3. The number of likely N-dealkylation sites (tertiary alicyclic amines) is 1. The molecule has 1 aromatic rings. The van der Waals surface area contributed by atoms with Crippen molar-refractivity contribution in [2.24, 2.45) is 5.92 Å². The van der Waals surface area contributed by atoms with Crippen molar-refractivity contribution in [1.82, 2.24) is 14.8 Å². The number of amides is 2. The summed E-state index contributed by atoms with van der Waals surface area (Å²) in [5, 5.41) is 3.09. The van der Waals surface area contributed by atoms with Gasteiger partial charge in [0.15, 0.2) is 0 Å². The third-order valence-electron chi connectivity index (χ3n) is 4.89. The highest BCUT2D eigenvalue weighted by Crippen LogP contribution is 2.39. The lowest BCUT2D eigenvalue weighted by Crippen LogP contribution is -2.48. The van der Waals surface area contributed by atoms with Crippen LogP contribution in [0.1, 0.15) is 39.0 Å². The molecule has 2 fully saturated rings. The number of carbonyl (C=O) groups excluding carboxylic acids is 1. The second kappa shape index (κ2) is 5.90. The van der Waals surface area contributed by atoms with Gasteiger partial charge in [-0.05, 0) is 44.2 Å². The number of fused-ring (bicyclic) bond motifs is 1. The average molecular weight is 275 g/mol. The van der Waals surface area contributed by atoms with Crippen LogP contribution >= 0.6 is 0 Å². The van der Waals surface area contributed by atoms with Crippen LogP contribution in [-0.4, -0.2) is 34.1 Å². The van der Waals surface area contributed by atoms with Crippen molar-refractivity contribution in [3.63, 3.8) is 0 Å². The molecule has 3 rings (SSSR count). The maximum Gasteiger partial charge on any atom is 0.317 e. The van der Waals surface area contributed by atoms with Gasteiger partial charge in [-0.15, -0.1) is 0 Å². The van der Waals surface area contributed by atoms with Gasteiger partial charge in [-0.3, -0.25) is 0 Å². The van der Waals surface area contributed by atoms with Crippen molar-refractivity contribution in [1.29, 1.82) is 0 Å². The highest BCUT2D eigenvalue weighted by Gasteiger charge is 2.42. The fourth-order valence-corrected chi connectivity index (χ4v) is 3.96. The monoisotopic (exact) mass is 275 g/mol. The number of nitrogens with one attached hydrogen (secondary N) is 1. The fraction of sp³-hybridized carbons (Fsp3) is 0.688. The summed E-state index contributed by atoms with van der Waals surface area (Å²) in [6.07, 6.45) is 10.4. The summed E-state index contributed by atoms with van der Waals surface area (Å²) in [4.78, 5) is 14.6. The number of hydrogen-bond acceptors (Lipinski definition) is 1. The zero-order chi connectivity index (χ0) is 13.9. The first-order valence-electron chi connectivity index (χ1n) is 7.92. The Hall–Kier alpha value is -1.45. The predicted octanol–water partition coefficient (Wildman–Crippen LogP) is 2.85. The van der Waals surface area contributed by atoms with Crippen molar-refractivity contribution in [3.05, 3.63) is 24.5 Å². The molecule has 1 saturated carbocycles. The van der Waals surface area contributed by atoms with Crippen LogP contribution < -0.4 is 5.32 Å². The van der Waals surface area contributed by atoms with E-state index in [-0.39, 0.29) is 6.03 Å². The van der Waals surface area contributed by atoms with Crippen molar-refractivity contribution >= 4 is 6.03 Å². The van der Waals surface area contributed by atoms with E-state index in [0.717, 1.165) is 12.5 Å². The van der Waals surface area contributed by atoms with Gasteiger partial charge in [-0.1, -0.05) is 12.8 Å². The van der Waals surface area contributed by atoms with Crippen LogP contribution in [0.2, 0.25) is 0 Å². The lowest BCUT2D eigenvalue weighted by molar-refractivity contribution is 0.156. The van der Waals surface area contributed by atoms with Crippen LogP contribution in [0.4, 0.5) is 4.79 Å². The third-order valence-corrected chi connectivity index (χ3v) is 4.89. The molecule has 3 atom stereocenters. The van der Waals surface area contributed by atoms with Crippen LogP contribution in [0.3, 0.4) is 0 Å².